The molecular weight excluding hydrogens is 410 g/mol. The third-order valence-electron chi connectivity index (χ3n) is 5.76. The Labute approximate surface area is 183 Å². The highest BCUT2D eigenvalue weighted by atomic mass is 16.4. The summed E-state index contributed by atoms with van der Waals surface area (Å²) in [6.07, 6.45) is -0.297. The van der Waals surface area contributed by atoms with Crippen molar-refractivity contribution in [1.82, 2.24) is 5.32 Å². The fraction of sp³-hybridized carbons (Fsp3) is 0.240. The molecule has 0 spiro atoms. The lowest BCUT2D eigenvalue weighted by molar-refractivity contribution is -0.307. The monoisotopic (exact) mass is 432 g/mol. The molecule has 0 saturated heterocycles. The summed E-state index contributed by atoms with van der Waals surface area (Å²) in [6.45, 7) is 6.78. The summed E-state index contributed by atoms with van der Waals surface area (Å²) in [6, 6.07) is 10.6. The predicted octanol–water partition coefficient (Wildman–Crippen LogP) is 2.93. The highest BCUT2D eigenvalue weighted by Gasteiger charge is 2.22. The molecule has 0 unspecified atom stereocenters. The SMILES string of the molecule is Cc1oc2c(C)c3oc(=O)c(CC(=O)N[C@@H](C)C(=O)[O-])c(C)c3cc2c1-c1ccccc1. The Morgan fingerprint density at radius 1 is 1.00 bits per heavy atom. The van der Waals surface area contributed by atoms with E-state index in [4.69, 9.17) is 8.83 Å². The molecule has 1 amide bonds. The summed E-state index contributed by atoms with van der Waals surface area (Å²) in [7, 11) is 0. The molecule has 0 aliphatic rings. The lowest BCUT2D eigenvalue weighted by Crippen LogP contribution is -2.46. The second-order valence-corrected chi connectivity index (χ2v) is 7.93. The first-order valence-electron chi connectivity index (χ1n) is 10.2. The van der Waals surface area contributed by atoms with Crippen molar-refractivity contribution in [3.8, 4) is 11.1 Å². The summed E-state index contributed by atoms with van der Waals surface area (Å²) in [5.74, 6) is -1.25. The Morgan fingerprint density at radius 2 is 1.66 bits per heavy atom. The molecule has 7 nitrogen and oxygen atoms in total. The van der Waals surface area contributed by atoms with Gasteiger partial charge in [-0.2, -0.15) is 0 Å². The van der Waals surface area contributed by atoms with Gasteiger partial charge in [-0.05, 0) is 44.9 Å². The van der Waals surface area contributed by atoms with Crippen LogP contribution in [0.15, 0.2) is 50.0 Å². The van der Waals surface area contributed by atoms with E-state index in [1.54, 1.807) is 6.92 Å². The number of hydrogen-bond acceptors (Lipinski definition) is 6. The number of carboxylic acids is 1. The van der Waals surface area contributed by atoms with E-state index in [1.165, 1.54) is 6.92 Å². The number of rotatable bonds is 5. The van der Waals surface area contributed by atoms with Gasteiger partial charge in [-0.15, -0.1) is 0 Å². The smallest absolute Gasteiger partial charge is 0.340 e. The number of aryl methyl sites for hydroxylation is 3. The zero-order chi connectivity index (χ0) is 23.2. The zero-order valence-electron chi connectivity index (χ0n) is 18.2. The van der Waals surface area contributed by atoms with Crippen LogP contribution >= 0.6 is 0 Å². The molecule has 0 aliphatic heterocycles. The number of nitrogens with one attached hydrogen (secondary N) is 1. The van der Waals surface area contributed by atoms with E-state index in [0.29, 0.717) is 27.7 Å². The van der Waals surface area contributed by atoms with Crippen molar-refractivity contribution in [3.05, 3.63) is 69.3 Å². The van der Waals surface area contributed by atoms with Crippen LogP contribution in [0.25, 0.3) is 33.1 Å². The number of benzene rings is 2. The van der Waals surface area contributed by atoms with Crippen LogP contribution in [-0.4, -0.2) is 17.9 Å². The van der Waals surface area contributed by atoms with Gasteiger partial charge in [0.1, 0.15) is 16.9 Å². The van der Waals surface area contributed by atoms with Crippen molar-refractivity contribution in [2.75, 3.05) is 0 Å². The first kappa shape index (κ1) is 21.4. The molecular formula is C25H22NO6-. The number of carbonyl (C=O) groups is 2. The molecule has 164 valence electrons. The molecule has 7 heteroatoms. The van der Waals surface area contributed by atoms with Crippen LogP contribution in [0.1, 0.15) is 29.4 Å². The van der Waals surface area contributed by atoms with Gasteiger partial charge in [-0.1, -0.05) is 30.3 Å². The fourth-order valence-electron chi connectivity index (χ4n) is 4.05. The first-order valence-corrected chi connectivity index (χ1v) is 10.2. The summed E-state index contributed by atoms with van der Waals surface area (Å²) in [4.78, 5) is 35.9. The minimum atomic E-state index is -1.40. The van der Waals surface area contributed by atoms with Crippen molar-refractivity contribution in [2.45, 2.75) is 40.2 Å². The summed E-state index contributed by atoms with van der Waals surface area (Å²) < 4.78 is 11.6. The van der Waals surface area contributed by atoms with Crippen LogP contribution in [0.5, 0.6) is 0 Å². The fourth-order valence-corrected chi connectivity index (χ4v) is 4.05. The Hall–Kier alpha value is -3.87. The van der Waals surface area contributed by atoms with Crippen LogP contribution in [-0.2, 0) is 16.0 Å². The average Bonchev–Trinajstić information content (AvgIpc) is 3.09. The summed E-state index contributed by atoms with van der Waals surface area (Å²) in [5.41, 5.74) is 3.86. The van der Waals surface area contributed by atoms with E-state index in [9.17, 15) is 19.5 Å². The van der Waals surface area contributed by atoms with E-state index in [1.807, 2.05) is 50.2 Å². The second-order valence-electron chi connectivity index (χ2n) is 7.93. The van der Waals surface area contributed by atoms with Crippen molar-refractivity contribution in [1.29, 1.82) is 0 Å². The topological polar surface area (TPSA) is 113 Å². The molecule has 0 fully saturated rings. The maximum Gasteiger partial charge on any atom is 0.340 e. The predicted molar refractivity (Wildman–Crippen MR) is 118 cm³/mol. The van der Waals surface area contributed by atoms with Crippen LogP contribution in [0.4, 0.5) is 0 Å². The minimum absolute atomic E-state index is 0.181. The minimum Gasteiger partial charge on any atom is -0.548 e. The molecule has 0 saturated carbocycles. The number of amides is 1. The molecule has 0 aliphatic carbocycles. The Balaban J connectivity index is 1.90. The normalized spacial score (nSPS) is 12.2. The van der Waals surface area contributed by atoms with Crippen LogP contribution in [0.3, 0.4) is 0 Å². The van der Waals surface area contributed by atoms with Gasteiger partial charge in [0.25, 0.3) is 0 Å². The molecule has 2 aromatic heterocycles. The third-order valence-corrected chi connectivity index (χ3v) is 5.76. The molecule has 32 heavy (non-hydrogen) atoms. The summed E-state index contributed by atoms with van der Waals surface area (Å²) in [5, 5.41) is 14.8. The quantitative estimate of drug-likeness (QED) is 0.485. The third kappa shape index (κ3) is 3.56. The summed E-state index contributed by atoms with van der Waals surface area (Å²) >= 11 is 0. The van der Waals surface area contributed by atoms with Crippen LogP contribution < -0.4 is 16.0 Å². The largest absolute Gasteiger partial charge is 0.548 e. The average molecular weight is 432 g/mol. The highest BCUT2D eigenvalue weighted by Crippen LogP contribution is 2.39. The van der Waals surface area contributed by atoms with E-state index < -0.39 is 23.5 Å². The maximum absolute atomic E-state index is 12.7. The molecule has 1 atom stereocenters. The number of carboxylic acid groups (broad SMARTS) is 1. The van der Waals surface area contributed by atoms with Gasteiger partial charge in [0.15, 0.2) is 0 Å². The lowest BCUT2D eigenvalue weighted by Gasteiger charge is -2.15. The molecule has 0 bridgehead atoms. The molecule has 1 N–H and O–H groups in total. The van der Waals surface area contributed by atoms with Crippen molar-refractivity contribution in [2.24, 2.45) is 0 Å². The van der Waals surface area contributed by atoms with Gasteiger partial charge >= 0.3 is 5.63 Å². The standard InChI is InChI=1S/C25H23NO6/c1-12-17-10-19-21(16-8-6-5-7-9-16)15(4)31-23(19)13(2)22(17)32-25(30)18(12)11-20(27)26-14(3)24(28)29/h5-10,14H,11H2,1-4H3,(H,26,27)(H,28,29)/p-1/t14-/m0/s1. The van der Waals surface area contributed by atoms with E-state index >= 15 is 0 Å². The van der Waals surface area contributed by atoms with Gasteiger partial charge in [0.2, 0.25) is 5.91 Å². The number of hydrogen-bond donors (Lipinski definition) is 1. The van der Waals surface area contributed by atoms with Gasteiger partial charge in [-0.3, -0.25) is 4.79 Å². The van der Waals surface area contributed by atoms with Gasteiger partial charge in [-0.25, -0.2) is 4.79 Å². The zero-order valence-corrected chi connectivity index (χ0v) is 18.2. The van der Waals surface area contributed by atoms with E-state index in [-0.39, 0.29) is 12.0 Å². The van der Waals surface area contributed by atoms with Crippen molar-refractivity contribution in [3.63, 3.8) is 0 Å². The lowest BCUT2D eigenvalue weighted by atomic mass is 9.96. The van der Waals surface area contributed by atoms with Crippen LogP contribution in [0, 0.1) is 20.8 Å². The molecule has 2 aromatic carbocycles. The first-order chi connectivity index (χ1) is 15.2. The number of furan rings is 1. The molecule has 0 radical (unpaired) electrons. The number of carbonyl (C=O) groups excluding carboxylic acids is 2. The highest BCUT2D eigenvalue weighted by molar-refractivity contribution is 6.06. The molecule has 4 rings (SSSR count). The van der Waals surface area contributed by atoms with Gasteiger partial charge in [0.05, 0.1) is 24.0 Å². The second kappa shape index (κ2) is 8.00. The number of aliphatic carboxylic acids is 1. The van der Waals surface area contributed by atoms with Crippen molar-refractivity contribution < 1.29 is 23.5 Å². The number of fused-ring (bicyclic) bond motifs is 2. The molecule has 4 aromatic rings. The van der Waals surface area contributed by atoms with E-state index in [2.05, 4.69) is 5.32 Å². The van der Waals surface area contributed by atoms with Crippen molar-refractivity contribution >= 4 is 33.8 Å². The van der Waals surface area contributed by atoms with E-state index in [0.717, 1.165) is 22.3 Å². The molecule has 2 heterocycles. The maximum atomic E-state index is 12.7. The van der Waals surface area contributed by atoms with Gasteiger partial charge in [0, 0.05) is 21.9 Å². The van der Waals surface area contributed by atoms with Crippen LogP contribution in [0.2, 0.25) is 0 Å². The van der Waals surface area contributed by atoms with Gasteiger partial charge < -0.3 is 24.1 Å². The Kier molecular flexibility index (Phi) is 5.34. The Bertz CT molecular complexity index is 1430. The Morgan fingerprint density at radius 3 is 2.31 bits per heavy atom.